The molecule has 0 aliphatic rings. The van der Waals surface area contributed by atoms with E-state index >= 15 is 0 Å². The molecule has 0 saturated heterocycles. The van der Waals surface area contributed by atoms with E-state index in [4.69, 9.17) is 18.2 Å². The number of rotatable bonds is 0. The van der Waals surface area contributed by atoms with Crippen molar-refractivity contribution in [2.24, 2.45) is 0 Å². The van der Waals surface area contributed by atoms with Crippen molar-refractivity contribution >= 4 is 17.4 Å². The number of nitrogens with zero attached hydrogens (tertiary/aromatic N) is 2. The SMILES string of the molecule is [C-]#[N+]c1cc(Cl)ccn1. The van der Waals surface area contributed by atoms with Crippen molar-refractivity contribution in [3.05, 3.63) is 34.8 Å². The second kappa shape index (κ2) is 2.47. The molecule has 1 aromatic rings. The molecule has 9 heavy (non-hydrogen) atoms. The molecule has 0 aliphatic heterocycles. The smallest absolute Gasteiger partial charge is 0.270 e. The van der Waals surface area contributed by atoms with Gasteiger partial charge in [-0.2, -0.15) is 0 Å². The highest BCUT2D eigenvalue weighted by atomic mass is 35.5. The van der Waals surface area contributed by atoms with Gasteiger partial charge in [-0.25, -0.2) is 0 Å². The standard InChI is InChI=1S/C6H3ClN2/c1-8-6-4-5(7)2-3-9-6/h2-4H. The zero-order valence-corrected chi connectivity index (χ0v) is 5.26. The summed E-state index contributed by atoms with van der Waals surface area (Å²) in [4.78, 5) is 6.81. The predicted octanol–water partition coefficient (Wildman–Crippen LogP) is 2.29. The van der Waals surface area contributed by atoms with Crippen molar-refractivity contribution in [2.75, 3.05) is 0 Å². The molecular formula is C6H3ClN2. The fourth-order valence-corrected chi connectivity index (χ4v) is 0.609. The lowest BCUT2D eigenvalue weighted by molar-refractivity contribution is 1.36. The molecule has 0 amide bonds. The van der Waals surface area contributed by atoms with Gasteiger partial charge in [0.1, 0.15) is 6.20 Å². The quantitative estimate of drug-likeness (QED) is 0.503. The first kappa shape index (κ1) is 6.06. The molecule has 1 aromatic heterocycles. The monoisotopic (exact) mass is 138 g/mol. The van der Waals surface area contributed by atoms with Gasteiger partial charge in [-0.05, 0) is 12.1 Å². The zero-order chi connectivity index (χ0) is 6.69. The van der Waals surface area contributed by atoms with Gasteiger partial charge < -0.3 is 4.85 Å². The van der Waals surface area contributed by atoms with E-state index in [-0.39, 0.29) is 0 Å². The topological polar surface area (TPSA) is 17.2 Å². The Morgan fingerprint density at radius 2 is 2.44 bits per heavy atom. The lowest BCUT2D eigenvalue weighted by Crippen LogP contribution is -1.67. The van der Waals surface area contributed by atoms with E-state index in [1.165, 1.54) is 12.3 Å². The van der Waals surface area contributed by atoms with Gasteiger partial charge in [0, 0.05) is 5.02 Å². The van der Waals surface area contributed by atoms with E-state index in [0.717, 1.165) is 0 Å². The zero-order valence-electron chi connectivity index (χ0n) is 4.50. The van der Waals surface area contributed by atoms with E-state index in [0.29, 0.717) is 10.8 Å². The summed E-state index contributed by atoms with van der Waals surface area (Å²) in [6, 6.07) is 3.16. The largest absolute Gasteiger partial charge is 0.361 e. The number of hydrogen-bond donors (Lipinski definition) is 0. The van der Waals surface area contributed by atoms with Crippen LogP contribution in [0.1, 0.15) is 0 Å². The van der Waals surface area contributed by atoms with Crippen LogP contribution in [-0.2, 0) is 0 Å². The van der Waals surface area contributed by atoms with Crippen molar-refractivity contribution in [3.63, 3.8) is 0 Å². The van der Waals surface area contributed by atoms with Crippen LogP contribution in [0.4, 0.5) is 5.82 Å². The molecule has 0 unspecified atom stereocenters. The molecule has 3 heteroatoms. The highest BCUT2D eigenvalue weighted by Gasteiger charge is 1.90. The van der Waals surface area contributed by atoms with Crippen LogP contribution in [0.3, 0.4) is 0 Å². The molecule has 0 fully saturated rings. The Balaban J connectivity index is 3.12. The average molecular weight is 139 g/mol. The molecule has 2 nitrogen and oxygen atoms in total. The molecule has 0 bridgehead atoms. The minimum Gasteiger partial charge on any atom is -0.361 e. The minimum absolute atomic E-state index is 0.336. The first-order chi connectivity index (χ1) is 4.33. The first-order valence-electron chi connectivity index (χ1n) is 2.32. The van der Waals surface area contributed by atoms with Gasteiger partial charge in [-0.15, -0.1) is 4.98 Å². The third kappa shape index (κ3) is 1.41. The fraction of sp³-hybridized carbons (Fsp3) is 0. The predicted molar refractivity (Wildman–Crippen MR) is 35.5 cm³/mol. The van der Waals surface area contributed by atoms with Crippen LogP contribution in [-0.4, -0.2) is 4.98 Å². The molecule has 0 N–H and O–H groups in total. The average Bonchev–Trinajstić information content (AvgIpc) is 1.88. The van der Waals surface area contributed by atoms with E-state index in [1.54, 1.807) is 6.07 Å². The molecule has 1 rings (SSSR count). The highest BCUT2D eigenvalue weighted by Crippen LogP contribution is 2.13. The van der Waals surface area contributed by atoms with Crippen molar-refractivity contribution in [2.45, 2.75) is 0 Å². The molecule has 0 aromatic carbocycles. The first-order valence-corrected chi connectivity index (χ1v) is 2.70. The molecule has 0 aliphatic carbocycles. The summed E-state index contributed by atoms with van der Waals surface area (Å²) in [7, 11) is 0. The number of aromatic nitrogens is 1. The Morgan fingerprint density at radius 3 is 2.89 bits per heavy atom. The molecule has 0 spiro atoms. The summed E-state index contributed by atoms with van der Waals surface area (Å²) >= 11 is 5.54. The van der Waals surface area contributed by atoms with Gasteiger partial charge in [0.15, 0.2) is 0 Å². The van der Waals surface area contributed by atoms with Crippen LogP contribution in [0.25, 0.3) is 4.85 Å². The normalized spacial score (nSPS) is 8.44. The molecule has 44 valence electrons. The Bertz CT molecular complexity index is 251. The summed E-state index contributed by atoms with van der Waals surface area (Å²) in [5.74, 6) is 0.336. The van der Waals surface area contributed by atoms with Crippen LogP contribution >= 0.6 is 11.6 Å². The van der Waals surface area contributed by atoms with Crippen LogP contribution in [0.2, 0.25) is 5.02 Å². The lowest BCUT2D eigenvalue weighted by Gasteiger charge is -1.85. The molecule has 1 heterocycles. The van der Waals surface area contributed by atoms with Gasteiger partial charge >= 0.3 is 0 Å². The number of halogens is 1. The number of hydrogen-bond acceptors (Lipinski definition) is 1. The van der Waals surface area contributed by atoms with Crippen LogP contribution in [0.5, 0.6) is 0 Å². The van der Waals surface area contributed by atoms with Crippen molar-refractivity contribution < 1.29 is 0 Å². The Hall–Kier alpha value is -1.07. The van der Waals surface area contributed by atoms with Crippen molar-refractivity contribution in [1.82, 2.24) is 4.98 Å². The Morgan fingerprint density at radius 1 is 1.67 bits per heavy atom. The van der Waals surface area contributed by atoms with Crippen molar-refractivity contribution in [1.29, 1.82) is 0 Å². The minimum atomic E-state index is 0.336. The molecular weight excluding hydrogens is 136 g/mol. The second-order valence-corrected chi connectivity index (χ2v) is 1.88. The van der Waals surface area contributed by atoms with Gasteiger partial charge in [-0.1, -0.05) is 18.2 Å². The van der Waals surface area contributed by atoms with Crippen molar-refractivity contribution in [3.8, 4) is 0 Å². The van der Waals surface area contributed by atoms with Crippen LogP contribution in [0.15, 0.2) is 18.3 Å². The summed E-state index contributed by atoms with van der Waals surface area (Å²) in [6.07, 6.45) is 1.51. The van der Waals surface area contributed by atoms with Gasteiger partial charge in [-0.3, -0.25) is 0 Å². The van der Waals surface area contributed by atoms with Gasteiger partial charge in [0.2, 0.25) is 0 Å². The summed E-state index contributed by atoms with van der Waals surface area (Å²) in [5.41, 5.74) is 0. The molecule has 0 atom stereocenters. The third-order valence-electron chi connectivity index (χ3n) is 0.822. The Labute approximate surface area is 57.9 Å². The van der Waals surface area contributed by atoms with Crippen LogP contribution in [0, 0.1) is 6.57 Å². The summed E-state index contributed by atoms with van der Waals surface area (Å²) in [6.45, 7) is 6.54. The maximum absolute atomic E-state index is 6.54. The Kier molecular flexibility index (Phi) is 1.66. The van der Waals surface area contributed by atoms with E-state index < -0.39 is 0 Å². The maximum atomic E-state index is 6.54. The fourth-order valence-electron chi connectivity index (χ4n) is 0.455. The van der Waals surface area contributed by atoms with E-state index in [1.807, 2.05) is 0 Å². The second-order valence-electron chi connectivity index (χ2n) is 1.44. The van der Waals surface area contributed by atoms with E-state index in [2.05, 4.69) is 9.83 Å². The lowest BCUT2D eigenvalue weighted by atomic mass is 10.5. The van der Waals surface area contributed by atoms with Gasteiger partial charge in [0.05, 0.1) is 0 Å². The van der Waals surface area contributed by atoms with Crippen LogP contribution < -0.4 is 0 Å². The van der Waals surface area contributed by atoms with E-state index in [9.17, 15) is 0 Å². The third-order valence-corrected chi connectivity index (χ3v) is 1.06. The molecule has 0 radical (unpaired) electrons. The number of pyridine rings is 1. The molecule has 0 saturated carbocycles. The summed E-state index contributed by atoms with van der Waals surface area (Å²) < 4.78 is 0. The maximum Gasteiger partial charge on any atom is 0.270 e. The highest BCUT2D eigenvalue weighted by molar-refractivity contribution is 6.30. The summed E-state index contributed by atoms with van der Waals surface area (Å²) in [5, 5.41) is 0.552. The van der Waals surface area contributed by atoms with Gasteiger partial charge in [0.25, 0.3) is 5.82 Å².